The lowest BCUT2D eigenvalue weighted by Crippen LogP contribution is -2.22. The van der Waals surface area contributed by atoms with Crippen molar-refractivity contribution in [1.82, 2.24) is 19.7 Å². The predicted molar refractivity (Wildman–Crippen MR) is 103 cm³/mol. The lowest BCUT2D eigenvalue weighted by atomic mass is 10.3. The summed E-state index contributed by atoms with van der Waals surface area (Å²) in [7, 11) is 0. The quantitative estimate of drug-likeness (QED) is 0.602. The van der Waals surface area contributed by atoms with Gasteiger partial charge in [-0.2, -0.15) is 0 Å². The van der Waals surface area contributed by atoms with Gasteiger partial charge in [0.25, 0.3) is 0 Å². The molecule has 1 aliphatic heterocycles. The molecule has 8 heteroatoms. The first kappa shape index (κ1) is 17.4. The minimum absolute atomic E-state index is 0.595. The third-order valence-corrected chi connectivity index (χ3v) is 5.73. The summed E-state index contributed by atoms with van der Waals surface area (Å²) in [5.41, 5.74) is 1.81. The number of para-hydroxylation sites is 1. The van der Waals surface area contributed by atoms with Crippen LogP contribution < -0.4 is 4.90 Å². The number of benzene rings is 1. The zero-order valence-corrected chi connectivity index (χ0v) is 16.3. The highest BCUT2D eigenvalue weighted by Crippen LogP contribution is 2.33. The number of aromatic nitrogens is 4. The molecular weight excluding hydrogens is 370 g/mol. The maximum Gasteiger partial charge on any atom is 0.232 e. The molecule has 6 nitrogen and oxygen atoms in total. The van der Waals surface area contributed by atoms with Crippen molar-refractivity contribution in [3.05, 3.63) is 46.6 Å². The molecule has 3 aromatic rings. The van der Waals surface area contributed by atoms with Gasteiger partial charge in [0.05, 0.1) is 22.2 Å². The second-order valence-electron chi connectivity index (χ2n) is 6.30. The second kappa shape index (κ2) is 7.32. The molecule has 0 bridgehead atoms. The Morgan fingerprint density at radius 3 is 2.62 bits per heavy atom. The van der Waals surface area contributed by atoms with Crippen molar-refractivity contribution in [2.75, 3.05) is 18.0 Å². The van der Waals surface area contributed by atoms with E-state index < -0.39 is 0 Å². The molecule has 0 atom stereocenters. The molecule has 4 rings (SSSR count). The van der Waals surface area contributed by atoms with E-state index in [1.54, 1.807) is 11.8 Å². The molecule has 26 heavy (non-hydrogen) atoms. The van der Waals surface area contributed by atoms with E-state index >= 15 is 0 Å². The molecule has 1 saturated heterocycles. The summed E-state index contributed by atoms with van der Waals surface area (Å²) in [6.45, 7) is 5.86. The van der Waals surface area contributed by atoms with Gasteiger partial charge in [-0.05, 0) is 38.8 Å². The predicted octanol–water partition coefficient (Wildman–Crippen LogP) is 4.42. The Kier molecular flexibility index (Phi) is 4.91. The lowest BCUT2D eigenvalue weighted by Gasteiger charge is -2.18. The molecule has 0 N–H and O–H groups in total. The van der Waals surface area contributed by atoms with Gasteiger partial charge >= 0.3 is 0 Å². The molecule has 3 heterocycles. The molecule has 0 radical (unpaired) electrons. The molecule has 0 saturated carbocycles. The van der Waals surface area contributed by atoms with Gasteiger partial charge in [0.1, 0.15) is 5.76 Å². The van der Waals surface area contributed by atoms with Crippen LogP contribution in [0.15, 0.2) is 33.8 Å². The third-order valence-electron chi connectivity index (χ3n) is 4.50. The highest BCUT2D eigenvalue weighted by molar-refractivity contribution is 7.98. The van der Waals surface area contributed by atoms with Gasteiger partial charge in [0.2, 0.25) is 11.8 Å². The average Bonchev–Trinajstić information content (AvgIpc) is 3.34. The standard InChI is InChI=1S/C18H20ClN5OS/c1-12-13(2)25-16(20-12)11-26-18-22-21-17(23-9-5-6-10-23)24(18)15-8-4-3-7-14(15)19/h3-4,7-8H,5-6,9-11H2,1-2H3. The van der Waals surface area contributed by atoms with Crippen LogP contribution in [0.3, 0.4) is 0 Å². The van der Waals surface area contributed by atoms with Crippen LogP contribution in [0, 0.1) is 13.8 Å². The van der Waals surface area contributed by atoms with Crippen molar-refractivity contribution in [2.45, 2.75) is 37.6 Å². The van der Waals surface area contributed by atoms with E-state index in [1.807, 2.05) is 42.7 Å². The zero-order valence-electron chi connectivity index (χ0n) is 14.8. The maximum absolute atomic E-state index is 6.47. The molecular formula is C18H20ClN5OS. The normalized spacial score (nSPS) is 14.3. The van der Waals surface area contributed by atoms with Gasteiger partial charge in [0, 0.05) is 13.1 Å². The minimum Gasteiger partial charge on any atom is -0.445 e. The molecule has 1 aromatic carbocycles. The van der Waals surface area contributed by atoms with Gasteiger partial charge in [-0.15, -0.1) is 10.2 Å². The van der Waals surface area contributed by atoms with E-state index in [2.05, 4.69) is 20.1 Å². The number of nitrogens with zero attached hydrogens (tertiary/aromatic N) is 5. The summed E-state index contributed by atoms with van der Waals surface area (Å²) in [4.78, 5) is 6.71. The average molecular weight is 390 g/mol. The summed E-state index contributed by atoms with van der Waals surface area (Å²) in [5.74, 6) is 2.99. The lowest BCUT2D eigenvalue weighted by molar-refractivity contribution is 0.489. The Morgan fingerprint density at radius 2 is 1.92 bits per heavy atom. The number of anilines is 1. The number of hydrogen-bond acceptors (Lipinski definition) is 6. The molecule has 0 aliphatic carbocycles. The van der Waals surface area contributed by atoms with E-state index in [0.29, 0.717) is 16.7 Å². The molecule has 136 valence electrons. The summed E-state index contributed by atoms with van der Waals surface area (Å²) in [6.07, 6.45) is 2.35. The monoisotopic (exact) mass is 389 g/mol. The number of rotatable bonds is 5. The highest BCUT2D eigenvalue weighted by Gasteiger charge is 2.23. The van der Waals surface area contributed by atoms with Crippen LogP contribution in [0.2, 0.25) is 5.02 Å². The molecule has 1 fully saturated rings. The fourth-order valence-electron chi connectivity index (χ4n) is 3.05. The van der Waals surface area contributed by atoms with Crippen LogP contribution in [-0.4, -0.2) is 32.8 Å². The molecule has 2 aromatic heterocycles. The first-order valence-corrected chi connectivity index (χ1v) is 10.0. The fraction of sp³-hybridized carbons (Fsp3) is 0.389. The van der Waals surface area contributed by atoms with E-state index in [0.717, 1.165) is 41.3 Å². The SMILES string of the molecule is Cc1nc(CSc2nnc(N3CCCC3)n2-c2ccccc2Cl)oc1C. The van der Waals surface area contributed by atoms with E-state index in [9.17, 15) is 0 Å². The fourth-order valence-corrected chi connectivity index (χ4v) is 4.05. The van der Waals surface area contributed by atoms with Crippen molar-refractivity contribution < 1.29 is 4.42 Å². The smallest absolute Gasteiger partial charge is 0.232 e. The van der Waals surface area contributed by atoms with E-state index in [1.165, 1.54) is 12.8 Å². The van der Waals surface area contributed by atoms with E-state index in [-0.39, 0.29) is 0 Å². The van der Waals surface area contributed by atoms with Crippen LogP contribution in [0.25, 0.3) is 5.69 Å². The summed E-state index contributed by atoms with van der Waals surface area (Å²) in [5, 5.41) is 10.4. The van der Waals surface area contributed by atoms with Crippen LogP contribution >= 0.6 is 23.4 Å². The van der Waals surface area contributed by atoms with Gasteiger partial charge in [0.15, 0.2) is 5.16 Å². The van der Waals surface area contributed by atoms with Crippen molar-refractivity contribution in [2.24, 2.45) is 0 Å². The topological polar surface area (TPSA) is 60.0 Å². The number of halogens is 1. The Morgan fingerprint density at radius 1 is 1.15 bits per heavy atom. The molecule has 0 unspecified atom stereocenters. The number of aryl methyl sites for hydroxylation is 2. The van der Waals surface area contributed by atoms with Gasteiger partial charge < -0.3 is 9.32 Å². The third kappa shape index (κ3) is 3.33. The Hall–Kier alpha value is -1.99. The minimum atomic E-state index is 0.595. The second-order valence-corrected chi connectivity index (χ2v) is 7.65. The Labute approximate surface area is 161 Å². The largest absolute Gasteiger partial charge is 0.445 e. The number of thioether (sulfide) groups is 1. The molecule has 1 aliphatic rings. The summed E-state index contributed by atoms with van der Waals surface area (Å²) < 4.78 is 7.73. The molecule has 0 spiro atoms. The van der Waals surface area contributed by atoms with Crippen molar-refractivity contribution >= 4 is 29.3 Å². The number of oxazole rings is 1. The number of hydrogen-bond donors (Lipinski definition) is 0. The first-order chi connectivity index (χ1) is 12.6. The summed E-state index contributed by atoms with van der Waals surface area (Å²) in [6, 6.07) is 7.79. The van der Waals surface area contributed by atoms with Crippen LogP contribution in [0.5, 0.6) is 0 Å². The van der Waals surface area contributed by atoms with Gasteiger partial charge in [-0.1, -0.05) is 35.5 Å². The summed E-state index contributed by atoms with van der Waals surface area (Å²) >= 11 is 8.03. The van der Waals surface area contributed by atoms with Gasteiger partial charge in [-0.25, -0.2) is 4.98 Å². The van der Waals surface area contributed by atoms with E-state index in [4.69, 9.17) is 16.0 Å². The van der Waals surface area contributed by atoms with Crippen LogP contribution in [-0.2, 0) is 5.75 Å². The van der Waals surface area contributed by atoms with Crippen molar-refractivity contribution in [3.63, 3.8) is 0 Å². The Balaban J connectivity index is 1.68. The molecule has 0 amide bonds. The van der Waals surface area contributed by atoms with Crippen molar-refractivity contribution in [1.29, 1.82) is 0 Å². The zero-order chi connectivity index (χ0) is 18.1. The Bertz CT molecular complexity index is 897. The van der Waals surface area contributed by atoms with Crippen molar-refractivity contribution in [3.8, 4) is 5.69 Å². The van der Waals surface area contributed by atoms with Crippen LogP contribution in [0.4, 0.5) is 5.95 Å². The first-order valence-electron chi connectivity index (χ1n) is 8.64. The van der Waals surface area contributed by atoms with Crippen LogP contribution in [0.1, 0.15) is 30.2 Å². The van der Waals surface area contributed by atoms with Gasteiger partial charge in [-0.3, -0.25) is 4.57 Å². The highest BCUT2D eigenvalue weighted by atomic mass is 35.5. The maximum atomic E-state index is 6.47.